The van der Waals surface area contributed by atoms with E-state index in [0.717, 1.165) is 50.8 Å². The standard InChI is InChI=1S/C12H22N4O/c1-3-7-17-8-5-6-15-12-10-13-9-11(16-12)14-4-2/h9-10H,3-8H2,1-2H3,(H2,14,15,16). The summed E-state index contributed by atoms with van der Waals surface area (Å²) in [4.78, 5) is 8.48. The van der Waals surface area contributed by atoms with Gasteiger partial charge in [0.05, 0.1) is 12.4 Å². The fourth-order valence-electron chi connectivity index (χ4n) is 1.35. The minimum atomic E-state index is 0.793. The lowest BCUT2D eigenvalue weighted by atomic mass is 10.4. The van der Waals surface area contributed by atoms with E-state index in [0.29, 0.717) is 0 Å². The van der Waals surface area contributed by atoms with Crippen molar-refractivity contribution >= 4 is 11.6 Å². The first kappa shape index (κ1) is 13.7. The van der Waals surface area contributed by atoms with Crippen LogP contribution in [0.15, 0.2) is 12.4 Å². The Balaban J connectivity index is 2.19. The van der Waals surface area contributed by atoms with Crippen LogP contribution in [0.2, 0.25) is 0 Å². The van der Waals surface area contributed by atoms with E-state index in [1.165, 1.54) is 0 Å². The lowest BCUT2D eigenvalue weighted by Gasteiger charge is -2.07. The first-order valence-electron chi connectivity index (χ1n) is 6.24. The maximum absolute atomic E-state index is 5.39. The first-order chi connectivity index (χ1) is 8.36. The van der Waals surface area contributed by atoms with E-state index >= 15 is 0 Å². The van der Waals surface area contributed by atoms with Gasteiger partial charge < -0.3 is 15.4 Å². The molecule has 0 bridgehead atoms. The van der Waals surface area contributed by atoms with Gasteiger partial charge in [0, 0.05) is 26.3 Å². The van der Waals surface area contributed by atoms with Gasteiger partial charge in [0.15, 0.2) is 0 Å². The molecule has 96 valence electrons. The molecule has 1 aromatic rings. The molecule has 0 amide bonds. The van der Waals surface area contributed by atoms with Gasteiger partial charge >= 0.3 is 0 Å². The first-order valence-corrected chi connectivity index (χ1v) is 6.24. The molecule has 0 saturated carbocycles. The van der Waals surface area contributed by atoms with Crippen molar-refractivity contribution in [3.63, 3.8) is 0 Å². The van der Waals surface area contributed by atoms with Crippen molar-refractivity contribution < 1.29 is 4.74 Å². The fraction of sp³-hybridized carbons (Fsp3) is 0.667. The van der Waals surface area contributed by atoms with Crippen LogP contribution in [0.4, 0.5) is 11.6 Å². The number of ether oxygens (including phenoxy) is 1. The molecule has 2 N–H and O–H groups in total. The third-order valence-corrected chi connectivity index (χ3v) is 2.11. The molecule has 0 fully saturated rings. The normalized spacial score (nSPS) is 10.2. The Kier molecular flexibility index (Phi) is 7.06. The Morgan fingerprint density at radius 3 is 2.59 bits per heavy atom. The summed E-state index contributed by atoms with van der Waals surface area (Å²) in [5.41, 5.74) is 0. The smallest absolute Gasteiger partial charge is 0.146 e. The number of rotatable bonds is 9. The molecule has 5 nitrogen and oxygen atoms in total. The lowest BCUT2D eigenvalue weighted by Crippen LogP contribution is -2.09. The number of hydrogen-bond acceptors (Lipinski definition) is 5. The van der Waals surface area contributed by atoms with Crippen molar-refractivity contribution in [2.24, 2.45) is 0 Å². The third kappa shape index (κ3) is 6.06. The topological polar surface area (TPSA) is 59.1 Å². The second kappa shape index (κ2) is 8.75. The van der Waals surface area contributed by atoms with E-state index < -0.39 is 0 Å². The lowest BCUT2D eigenvalue weighted by molar-refractivity contribution is 0.134. The molecule has 0 atom stereocenters. The molecule has 17 heavy (non-hydrogen) atoms. The van der Waals surface area contributed by atoms with Crippen molar-refractivity contribution in [1.82, 2.24) is 9.97 Å². The highest BCUT2D eigenvalue weighted by Gasteiger charge is 1.96. The zero-order chi connectivity index (χ0) is 12.3. The monoisotopic (exact) mass is 238 g/mol. The predicted molar refractivity (Wildman–Crippen MR) is 70.4 cm³/mol. The van der Waals surface area contributed by atoms with Gasteiger partial charge in [-0.3, -0.25) is 4.98 Å². The zero-order valence-corrected chi connectivity index (χ0v) is 10.7. The predicted octanol–water partition coefficient (Wildman–Crippen LogP) is 2.14. The van der Waals surface area contributed by atoms with Crippen LogP contribution in [0, 0.1) is 0 Å². The maximum Gasteiger partial charge on any atom is 0.146 e. The molecule has 0 aromatic carbocycles. The highest BCUT2D eigenvalue weighted by atomic mass is 16.5. The van der Waals surface area contributed by atoms with E-state index in [1.807, 2.05) is 6.92 Å². The summed E-state index contributed by atoms with van der Waals surface area (Å²) in [7, 11) is 0. The average molecular weight is 238 g/mol. The summed E-state index contributed by atoms with van der Waals surface area (Å²) < 4.78 is 5.39. The van der Waals surface area contributed by atoms with Crippen LogP contribution in [0.3, 0.4) is 0 Å². The Labute approximate surface area is 103 Å². The van der Waals surface area contributed by atoms with E-state index in [1.54, 1.807) is 12.4 Å². The largest absolute Gasteiger partial charge is 0.381 e. The molecule has 0 aliphatic carbocycles. The SMILES string of the molecule is CCCOCCCNc1cncc(NCC)n1. The Morgan fingerprint density at radius 2 is 1.88 bits per heavy atom. The molecular formula is C12H22N4O. The van der Waals surface area contributed by atoms with Crippen LogP contribution in [0.1, 0.15) is 26.7 Å². The van der Waals surface area contributed by atoms with E-state index in [9.17, 15) is 0 Å². The number of aromatic nitrogens is 2. The number of nitrogens with one attached hydrogen (secondary N) is 2. The van der Waals surface area contributed by atoms with Crippen molar-refractivity contribution in [2.45, 2.75) is 26.7 Å². The van der Waals surface area contributed by atoms with Crippen LogP contribution in [0.5, 0.6) is 0 Å². The minimum absolute atomic E-state index is 0.793. The molecule has 1 rings (SSSR count). The Bertz CT molecular complexity index is 306. The van der Waals surface area contributed by atoms with Crippen molar-refractivity contribution in [3.8, 4) is 0 Å². The zero-order valence-electron chi connectivity index (χ0n) is 10.7. The van der Waals surface area contributed by atoms with Crippen LogP contribution >= 0.6 is 0 Å². The van der Waals surface area contributed by atoms with Gasteiger partial charge in [0.25, 0.3) is 0 Å². The van der Waals surface area contributed by atoms with Gasteiger partial charge in [-0.05, 0) is 19.8 Å². The molecule has 0 unspecified atom stereocenters. The second-order valence-electron chi connectivity index (χ2n) is 3.71. The highest BCUT2D eigenvalue weighted by Crippen LogP contribution is 2.05. The highest BCUT2D eigenvalue weighted by molar-refractivity contribution is 5.41. The number of anilines is 2. The van der Waals surface area contributed by atoms with Crippen LogP contribution < -0.4 is 10.6 Å². The van der Waals surface area contributed by atoms with Crippen molar-refractivity contribution in [1.29, 1.82) is 0 Å². The number of hydrogen-bond donors (Lipinski definition) is 2. The maximum atomic E-state index is 5.39. The van der Waals surface area contributed by atoms with E-state index in [2.05, 4.69) is 27.5 Å². The van der Waals surface area contributed by atoms with Gasteiger partial charge in [-0.2, -0.15) is 0 Å². The molecular weight excluding hydrogens is 216 g/mol. The quantitative estimate of drug-likeness (QED) is 0.645. The average Bonchev–Trinajstić information content (AvgIpc) is 2.35. The van der Waals surface area contributed by atoms with E-state index in [-0.39, 0.29) is 0 Å². The van der Waals surface area contributed by atoms with Gasteiger partial charge in [0.1, 0.15) is 11.6 Å². The molecule has 5 heteroatoms. The summed E-state index contributed by atoms with van der Waals surface area (Å²) in [6, 6.07) is 0. The van der Waals surface area contributed by atoms with Crippen LogP contribution in [-0.2, 0) is 4.74 Å². The van der Waals surface area contributed by atoms with Gasteiger partial charge in [0.2, 0.25) is 0 Å². The third-order valence-electron chi connectivity index (χ3n) is 2.11. The number of nitrogens with zero attached hydrogens (tertiary/aromatic N) is 2. The molecule has 0 spiro atoms. The summed E-state index contributed by atoms with van der Waals surface area (Å²) in [5, 5.41) is 6.35. The second-order valence-corrected chi connectivity index (χ2v) is 3.71. The molecule has 0 aliphatic heterocycles. The minimum Gasteiger partial charge on any atom is -0.381 e. The Hall–Kier alpha value is -1.36. The summed E-state index contributed by atoms with van der Waals surface area (Å²) in [5.74, 6) is 1.61. The molecule has 1 heterocycles. The fourth-order valence-corrected chi connectivity index (χ4v) is 1.35. The molecule has 0 radical (unpaired) electrons. The molecule has 1 aromatic heterocycles. The van der Waals surface area contributed by atoms with Gasteiger partial charge in [-0.25, -0.2) is 4.98 Å². The van der Waals surface area contributed by atoms with Crippen LogP contribution in [0.25, 0.3) is 0 Å². The van der Waals surface area contributed by atoms with Crippen LogP contribution in [-0.4, -0.2) is 36.3 Å². The summed E-state index contributed by atoms with van der Waals surface area (Å²) in [6.45, 7) is 7.49. The van der Waals surface area contributed by atoms with Crippen molar-refractivity contribution in [3.05, 3.63) is 12.4 Å². The van der Waals surface area contributed by atoms with Gasteiger partial charge in [-0.1, -0.05) is 6.92 Å². The summed E-state index contributed by atoms with van der Waals surface area (Å²) >= 11 is 0. The molecule has 0 saturated heterocycles. The van der Waals surface area contributed by atoms with Gasteiger partial charge in [-0.15, -0.1) is 0 Å². The summed E-state index contributed by atoms with van der Waals surface area (Å²) in [6.07, 6.45) is 5.50. The Morgan fingerprint density at radius 1 is 1.12 bits per heavy atom. The molecule has 0 aliphatic rings. The van der Waals surface area contributed by atoms with E-state index in [4.69, 9.17) is 4.74 Å². The van der Waals surface area contributed by atoms with Crippen molar-refractivity contribution in [2.75, 3.05) is 36.9 Å².